The van der Waals surface area contributed by atoms with Gasteiger partial charge in [-0.25, -0.2) is 4.39 Å². The number of carbonyl (C=O) groups is 1. The molecule has 2 aromatic heterocycles. The SMILES string of the molecule is O=C(Nc1sc2c(c1[C@@H](c1cccc(F)c1)N1CCOCC1)CCCC2)c1ccco1. The van der Waals surface area contributed by atoms with Crippen molar-refractivity contribution in [1.82, 2.24) is 4.90 Å². The quantitative estimate of drug-likeness (QED) is 0.604. The molecule has 1 atom stereocenters. The van der Waals surface area contributed by atoms with E-state index in [4.69, 9.17) is 9.15 Å². The first kappa shape index (κ1) is 20.4. The first-order valence-corrected chi connectivity index (χ1v) is 11.6. The fraction of sp³-hybridized carbons (Fsp3) is 0.375. The van der Waals surface area contributed by atoms with Gasteiger partial charge in [0.15, 0.2) is 5.76 Å². The van der Waals surface area contributed by atoms with Crippen LogP contribution < -0.4 is 5.32 Å². The number of hydrogen-bond donors (Lipinski definition) is 1. The summed E-state index contributed by atoms with van der Waals surface area (Å²) in [5, 5.41) is 3.95. The average molecular weight is 441 g/mol. The van der Waals surface area contributed by atoms with Crippen molar-refractivity contribution >= 4 is 22.2 Å². The Hall–Kier alpha value is -2.48. The molecule has 1 aliphatic heterocycles. The Balaban J connectivity index is 1.62. The molecule has 0 saturated carbocycles. The van der Waals surface area contributed by atoms with Crippen molar-refractivity contribution < 1.29 is 18.3 Å². The number of benzene rings is 1. The minimum absolute atomic E-state index is 0.135. The Labute approximate surface area is 184 Å². The van der Waals surface area contributed by atoms with Crippen LogP contribution in [0.15, 0.2) is 47.1 Å². The second-order valence-corrected chi connectivity index (χ2v) is 9.10. The number of amides is 1. The zero-order chi connectivity index (χ0) is 21.2. The molecule has 162 valence electrons. The van der Waals surface area contributed by atoms with Gasteiger partial charge in [0.05, 0.1) is 25.5 Å². The number of nitrogens with zero attached hydrogens (tertiary/aromatic N) is 1. The molecule has 0 spiro atoms. The van der Waals surface area contributed by atoms with E-state index < -0.39 is 0 Å². The Kier molecular flexibility index (Phi) is 5.89. The van der Waals surface area contributed by atoms with Crippen LogP contribution in [0.2, 0.25) is 0 Å². The molecule has 0 unspecified atom stereocenters. The maximum absolute atomic E-state index is 14.2. The molecule has 2 aliphatic rings. The third-order valence-electron chi connectivity index (χ3n) is 6.03. The van der Waals surface area contributed by atoms with E-state index in [1.54, 1.807) is 35.6 Å². The fourth-order valence-corrected chi connectivity index (χ4v) is 5.93. The molecule has 5 nitrogen and oxygen atoms in total. The molecule has 1 N–H and O–H groups in total. The number of fused-ring (bicyclic) bond motifs is 1. The van der Waals surface area contributed by atoms with Gasteiger partial charge in [-0.2, -0.15) is 0 Å². The van der Waals surface area contributed by atoms with Crippen LogP contribution in [-0.2, 0) is 17.6 Å². The molecule has 1 saturated heterocycles. The summed E-state index contributed by atoms with van der Waals surface area (Å²) in [5.74, 6) is -0.225. The highest BCUT2D eigenvalue weighted by molar-refractivity contribution is 7.16. The maximum atomic E-state index is 14.2. The largest absolute Gasteiger partial charge is 0.459 e. The van der Waals surface area contributed by atoms with Crippen LogP contribution in [0, 0.1) is 5.82 Å². The van der Waals surface area contributed by atoms with Crippen LogP contribution in [0.1, 0.15) is 51.0 Å². The van der Waals surface area contributed by atoms with Gasteiger partial charge in [0, 0.05) is 23.5 Å². The average Bonchev–Trinajstić information content (AvgIpc) is 3.44. The smallest absolute Gasteiger partial charge is 0.291 e. The fourth-order valence-electron chi connectivity index (χ4n) is 4.62. The first-order valence-electron chi connectivity index (χ1n) is 10.8. The Morgan fingerprint density at radius 1 is 1.13 bits per heavy atom. The lowest BCUT2D eigenvalue weighted by Crippen LogP contribution is -2.40. The second kappa shape index (κ2) is 8.94. The molecule has 5 rings (SSSR count). The van der Waals surface area contributed by atoms with Crippen LogP contribution in [0.25, 0.3) is 0 Å². The molecule has 0 radical (unpaired) electrons. The van der Waals surface area contributed by atoms with Crippen molar-refractivity contribution in [3.05, 3.63) is 75.8 Å². The van der Waals surface area contributed by atoms with Crippen LogP contribution in [-0.4, -0.2) is 37.1 Å². The van der Waals surface area contributed by atoms with E-state index in [0.717, 1.165) is 54.9 Å². The van der Waals surface area contributed by atoms with Gasteiger partial charge in [0.25, 0.3) is 5.91 Å². The van der Waals surface area contributed by atoms with Crippen LogP contribution in [0.5, 0.6) is 0 Å². The lowest BCUT2D eigenvalue weighted by atomic mass is 9.88. The van der Waals surface area contributed by atoms with E-state index in [1.807, 2.05) is 6.07 Å². The molecule has 1 fully saturated rings. The third kappa shape index (κ3) is 4.18. The van der Waals surface area contributed by atoms with Crippen molar-refractivity contribution in [3.8, 4) is 0 Å². The molecule has 0 bridgehead atoms. The number of ether oxygens (including phenoxy) is 1. The van der Waals surface area contributed by atoms with Crippen molar-refractivity contribution in [3.63, 3.8) is 0 Å². The molecule has 1 aromatic carbocycles. The standard InChI is InChI=1S/C24H25FN2O3S/c25-17-6-3-5-16(15-17)22(27-10-13-29-14-11-27)21-18-7-1-2-9-20(18)31-24(21)26-23(28)19-8-4-12-30-19/h3-6,8,12,15,22H,1-2,7,9-11,13-14H2,(H,26,28)/t22-/m1/s1. The third-order valence-corrected chi connectivity index (χ3v) is 7.26. The minimum Gasteiger partial charge on any atom is -0.459 e. The number of hydrogen-bond acceptors (Lipinski definition) is 5. The topological polar surface area (TPSA) is 54.7 Å². The summed E-state index contributed by atoms with van der Waals surface area (Å²) in [7, 11) is 0. The van der Waals surface area contributed by atoms with E-state index in [9.17, 15) is 9.18 Å². The number of aryl methyl sites for hydroxylation is 1. The minimum atomic E-state index is -0.259. The van der Waals surface area contributed by atoms with Gasteiger partial charge in [0.2, 0.25) is 0 Å². The van der Waals surface area contributed by atoms with Crippen molar-refractivity contribution in [2.45, 2.75) is 31.7 Å². The molecule has 3 heterocycles. The summed E-state index contributed by atoms with van der Waals surface area (Å²) in [6.45, 7) is 2.81. The zero-order valence-electron chi connectivity index (χ0n) is 17.2. The maximum Gasteiger partial charge on any atom is 0.291 e. The van der Waals surface area contributed by atoms with E-state index in [1.165, 1.54) is 22.8 Å². The van der Waals surface area contributed by atoms with Gasteiger partial charge in [-0.1, -0.05) is 12.1 Å². The van der Waals surface area contributed by atoms with E-state index >= 15 is 0 Å². The molecule has 31 heavy (non-hydrogen) atoms. The normalized spacial score (nSPS) is 17.8. The molecule has 3 aromatic rings. The van der Waals surface area contributed by atoms with E-state index in [2.05, 4.69) is 10.2 Å². The van der Waals surface area contributed by atoms with Crippen LogP contribution in [0.3, 0.4) is 0 Å². The summed E-state index contributed by atoms with van der Waals surface area (Å²) in [6, 6.07) is 10.1. The van der Waals surface area contributed by atoms with Crippen molar-refractivity contribution in [1.29, 1.82) is 0 Å². The highest BCUT2D eigenvalue weighted by Gasteiger charge is 2.33. The molecular formula is C24H25FN2O3S. The number of thiophene rings is 1. The highest BCUT2D eigenvalue weighted by atomic mass is 32.1. The van der Waals surface area contributed by atoms with E-state index in [0.29, 0.717) is 13.2 Å². The second-order valence-electron chi connectivity index (χ2n) is 7.99. The van der Waals surface area contributed by atoms with Gasteiger partial charge in [0.1, 0.15) is 10.8 Å². The van der Waals surface area contributed by atoms with Crippen molar-refractivity contribution in [2.24, 2.45) is 0 Å². The number of rotatable bonds is 5. The number of morpholine rings is 1. The number of nitrogens with one attached hydrogen (secondary N) is 1. The van der Waals surface area contributed by atoms with Gasteiger partial charge >= 0.3 is 0 Å². The summed E-state index contributed by atoms with van der Waals surface area (Å²) in [4.78, 5) is 16.5. The monoisotopic (exact) mass is 440 g/mol. The van der Waals surface area contributed by atoms with Gasteiger partial charge in [-0.3, -0.25) is 9.69 Å². The van der Waals surface area contributed by atoms with Crippen molar-refractivity contribution in [2.75, 3.05) is 31.6 Å². The van der Waals surface area contributed by atoms with Gasteiger partial charge in [-0.05, 0) is 61.1 Å². The number of anilines is 1. The highest BCUT2D eigenvalue weighted by Crippen LogP contribution is 2.45. The Bertz CT molecular complexity index is 1060. The van der Waals surface area contributed by atoms with Gasteiger partial charge < -0.3 is 14.5 Å². The molecular weight excluding hydrogens is 415 g/mol. The molecule has 7 heteroatoms. The number of carbonyl (C=O) groups excluding carboxylic acids is 1. The summed E-state index contributed by atoms with van der Waals surface area (Å²) < 4.78 is 25.1. The predicted molar refractivity (Wildman–Crippen MR) is 118 cm³/mol. The van der Waals surface area contributed by atoms with E-state index in [-0.39, 0.29) is 23.5 Å². The number of furan rings is 1. The lowest BCUT2D eigenvalue weighted by Gasteiger charge is -2.36. The first-order chi connectivity index (χ1) is 15.2. The summed E-state index contributed by atoms with van der Waals surface area (Å²) >= 11 is 1.65. The van der Waals surface area contributed by atoms with Gasteiger partial charge in [-0.15, -0.1) is 11.3 Å². The zero-order valence-corrected chi connectivity index (χ0v) is 18.1. The molecule has 1 amide bonds. The Morgan fingerprint density at radius 3 is 2.74 bits per heavy atom. The lowest BCUT2D eigenvalue weighted by molar-refractivity contribution is 0.0239. The Morgan fingerprint density at radius 2 is 1.97 bits per heavy atom. The summed E-state index contributed by atoms with van der Waals surface area (Å²) in [5.41, 5.74) is 3.32. The summed E-state index contributed by atoms with van der Waals surface area (Å²) in [6.07, 6.45) is 5.77. The predicted octanol–water partition coefficient (Wildman–Crippen LogP) is 5.03. The molecule has 1 aliphatic carbocycles. The van der Waals surface area contributed by atoms with Crippen LogP contribution in [0.4, 0.5) is 9.39 Å². The number of halogens is 1. The van der Waals surface area contributed by atoms with Crippen LogP contribution >= 0.6 is 11.3 Å².